The zero-order valence-corrected chi connectivity index (χ0v) is 27.1. The van der Waals surface area contributed by atoms with Crippen LogP contribution in [0.3, 0.4) is 0 Å². The molecule has 1 aromatic rings. The summed E-state index contributed by atoms with van der Waals surface area (Å²) in [6.45, 7) is 12.6. The van der Waals surface area contributed by atoms with Crippen LogP contribution in [0.1, 0.15) is 142 Å². The van der Waals surface area contributed by atoms with Crippen molar-refractivity contribution in [1.29, 1.82) is 0 Å². The molecule has 0 aliphatic rings. The Balaban J connectivity index is 0.000000921. The highest BCUT2D eigenvalue weighted by Gasteiger charge is 2.20. The second kappa shape index (κ2) is 25.7. The minimum Gasteiger partial charge on any atom is -0.546 e. The van der Waals surface area contributed by atoms with Crippen LogP contribution < -0.4 is 9.84 Å². The van der Waals surface area contributed by atoms with Gasteiger partial charge in [0.15, 0.2) is 0 Å². The Morgan fingerprint density at radius 1 is 0.718 bits per heavy atom. The van der Waals surface area contributed by atoms with Crippen LogP contribution in [-0.4, -0.2) is 43.7 Å². The average Bonchev–Trinajstić information content (AvgIpc) is 2.90. The molecule has 0 fully saturated rings. The van der Waals surface area contributed by atoms with Crippen LogP contribution >= 0.6 is 11.6 Å². The summed E-state index contributed by atoms with van der Waals surface area (Å²) >= 11 is 5.70. The summed E-state index contributed by atoms with van der Waals surface area (Å²) in [7, 11) is 2.56. The van der Waals surface area contributed by atoms with Crippen LogP contribution in [-0.2, 0) is 4.79 Å². The molecule has 0 saturated carbocycles. The van der Waals surface area contributed by atoms with Crippen molar-refractivity contribution in [2.45, 2.75) is 143 Å². The van der Waals surface area contributed by atoms with Crippen molar-refractivity contribution >= 4 is 17.6 Å². The van der Waals surface area contributed by atoms with Gasteiger partial charge in [0.25, 0.3) is 0 Å². The second-order valence-corrected chi connectivity index (χ2v) is 12.1. The molecule has 0 atom stereocenters. The summed E-state index contributed by atoms with van der Waals surface area (Å²) < 4.78 is 6.29. The van der Waals surface area contributed by atoms with E-state index in [1.54, 1.807) is 25.1 Å². The molecule has 5 heteroatoms. The maximum atomic E-state index is 10.1. The first kappa shape index (κ1) is 37.7. The molecule has 0 aliphatic heterocycles. The molecule has 0 unspecified atom stereocenters. The molecule has 0 radical (unpaired) electrons. The molecule has 0 N–H and O–H groups in total. The lowest BCUT2D eigenvalue weighted by Gasteiger charge is -2.35. The zero-order chi connectivity index (χ0) is 29.2. The van der Waals surface area contributed by atoms with Gasteiger partial charge in [-0.3, -0.25) is 0 Å². The van der Waals surface area contributed by atoms with Crippen molar-refractivity contribution in [1.82, 2.24) is 0 Å². The van der Waals surface area contributed by atoms with Crippen molar-refractivity contribution in [2.75, 3.05) is 33.3 Å². The highest BCUT2D eigenvalue weighted by atomic mass is 35.5. The van der Waals surface area contributed by atoms with E-state index in [0.717, 1.165) is 5.56 Å². The predicted octanol–water partition coefficient (Wildman–Crippen LogP) is 9.29. The van der Waals surface area contributed by atoms with Crippen LogP contribution in [0.15, 0.2) is 18.2 Å². The molecular formula is C34H62ClNO3. The van der Waals surface area contributed by atoms with Gasteiger partial charge in [-0.1, -0.05) is 109 Å². The molecule has 0 amide bonds. The number of quaternary nitrogens is 1. The molecule has 39 heavy (non-hydrogen) atoms. The number of carboxylic acids is 1. The SMILES string of the molecule is CCCCCCCC[N+](C)(CCCCCCCC)CCCCCCCC.Cc1cc(Cl)ccc1OCC(=O)[O-]. The van der Waals surface area contributed by atoms with E-state index >= 15 is 0 Å². The summed E-state index contributed by atoms with van der Waals surface area (Å²) in [5, 5.41) is 10.7. The van der Waals surface area contributed by atoms with Crippen molar-refractivity contribution < 1.29 is 19.1 Å². The Bertz CT molecular complexity index is 669. The number of carboxylic acid groups (broad SMARTS) is 1. The molecule has 1 aromatic carbocycles. The van der Waals surface area contributed by atoms with Gasteiger partial charge in [0.05, 0.1) is 32.7 Å². The topological polar surface area (TPSA) is 49.4 Å². The number of halogens is 1. The summed E-state index contributed by atoms with van der Waals surface area (Å²) in [6, 6.07) is 4.96. The molecule has 0 heterocycles. The molecular weight excluding hydrogens is 506 g/mol. The summed E-state index contributed by atoms with van der Waals surface area (Å²) in [5.74, 6) is -0.733. The minimum absolute atomic E-state index is 0.442. The number of carbonyl (C=O) groups excluding carboxylic acids is 1. The largest absolute Gasteiger partial charge is 0.546 e. The highest BCUT2D eigenvalue weighted by molar-refractivity contribution is 6.30. The average molecular weight is 568 g/mol. The summed E-state index contributed by atoms with van der Waals surface area (Å²) in [6.07, 6.45) is 25.9. The van der Waals surface area contributed by atoms with E-state index in [1.807, 2.05) is 0 Å². The Morgan fingerprint density at radius 3 is 1.46 bits per heavy atom. The first-order valence-corrected chi connectivity index (χ1v) is 16.6. The van der Waals surface area contributed by atoms with Gasteiger partial charge < -0.3 is 19.1 Å². The van der Waals surface area contributed by atoms with E-state index in [1.165, 1.54) is 140 Å². The molecule has 0 bridgehead atoms. The fourth-order valence-electron chi connectivity index (χ4n) is 5.07. The number of unbranched alkanes of at least 4 members (excludes halogenated alkanes) is 15. The van der Waals surface area contributed by atoms with Crippen molar-refractivity contribution in [3.05, 3.63) is 28.8 Å². The Morgan fingerprint density at radius 2 is 1.10 bits per heavy atom. The molecule has 0 aromatic heterocycles. The van der Waals surface area contributed by atoms with Crippen LogP contribution in [0.4, 0.5) is 0 Å². The predicted molar refractivity (Wildman–Crippen MR) is 168 cm³/mol. The molecule has 0 spiro atoms. The number of hydrogen-bond donors (Lipinski definition) is 0. The first-order chi connectivity index (χ1) is 18.8. The maximum Gasteiger partial charge on any atom is 0.128 e. The van der Waals surface area contributed by atoms with E-state index in [2.05, 4.69) is 27.8 Å². The molecule has 0 saturated heterocycles. The lowest BCUT2D eigenvalue weighted by Crippen LogP contribution is -2.46. The van der Waals surface area contributed by atoms with Crippen LogP contribution in [0, 0.1) is 6.92 Å². The molecule has 228 valence electrons. The van der Waals surface area contributed by atoms with E-state index in [4.69, 9.17) is 16.3 Å². The number of ether oxygens (including phenoxy) is 1. The number of aliphatic carboxylic acids is 1. The lowest BCUT2D eigenvalue weighted by atomic mass is 10.1. The number of benzene rings is 1. The van der Waals surface area contributed by atoms with E-state index in [0.29, 0.717) is 10.8 Å². The molecule has 4 nitrogen and oxygen atoms in total. The van der Waals surface area contributed by atoms with Gasteiger partial charge in [0, 0.05) is 5.02 Å². The summed E-state index contributed by atoms with van der Waals surface area (Å²) in [4.78, 5) is 10.1. The van der Waals surface area contributed by atoms with Crippen LogP contribution in [0.25, 0.3) is 0 Å². The van der Waals surface area contributed by atoms with Gasteiger partial charge in [-0.25, -0.2) is 0 Å². The lowest BCUT2D eigenvalue weighted by molar-refractivity contribution is -0.910. The van der Waals surface area contributed by atoms with Crippen LogP contribution in [0.5, 0.6) is 5.75 Å². The Kier molecular flexibility index (Phi) is 24.9. The fourth-order valence-corrected chi connectivity index (χ4v) is 5.30. The minimum atomic E-state index is -1.24. The smallest absolute Gasteiger partial charge is 0.128 e. The van der Waals surface area contributed by atoms with Crippen molar-refractivity contribution in [3.8, 4) is 5.75 Å². The Hall–Kier alpha value is -1.26. The molecule has 1 rings (SSSR count). The number of rotatable bonds is 24. The normalized spacial score (nSPS) is 11.2. The van der Waals surface area contributed by atoms with Gasteiger partial charge in [-0.15, -0.1) is 0 Å². The van der Waals surface area contributed by atoms with Gasteiger partial charge in [0.1, 0.15) is 12.4 Å². The van der Waals surface area contributed by atoms with E-state index in [9.17, 15) is 9.90 Å². The summed E-state index contributed by atoms with van der Waals surface area (Å²) in [5.41, 5.74) is 0.800. The second-order valence-electron chi connectivity index (χ2n) is 11.7. The van der Waals surface area contributed by atoms with Crippen LogP contribution in [0.2, 0.25) is 5.02 Å². The van der Waals surface area contributed by atoms with Gasteiger partial charge in [0.2, 0.25) is 0 Å². The monoisotopic (exact) mass is 567 g/mol. The zero-order valence-electron chi connectivity index (χ0n) is 26.3. The molecule has 0 aliphatic carbocycles. The van der Waals surface area contributed by atoms with Gasteiger partial charge in [-0.05, 0) is 69.2 Å². The quantitative estimate of drug-likeness (QED) is 0.0923. The maximum absolute atomic E-state index is 10.1. The van der Waals surface area contributed by atoms with E-state index in [-0.39, 0.29) is 0 Å². The fraction of sp³-hybridized carbons (Fsp3) is 0.794. The van der Waals surface area contributed by atoms with E-state index < -0.39 is 12.6 Å². The third kappa shape index (κ3) is 23.2. The van der Waals surface area contributed by atoms with Crippen molar-refractivity contribution in [3.63, 3.8) is 0 Å². The number of aryl methyl sites for hydroxylation is 1. The number of nitrogens with zero attached hydrogens (tertiary/aromatic N) is 1. The van der Waals surface area contributed by atoms with Gasteiger partial charge in [-0.2, -0.15) is 0 Å². The van der Waals surface area contributed by atoms with Gasteiger partial charge >= 0.3 is 0 Å². The number of hydrogen-bond acceptors (Lipinski definition) is 3. The third-order valence-electron chi connectivity index (χ3n) is 7.64. The highest BCUT2D eigenvalue weighted by Crippen LogP contribution is 2.21. The number of carbonyl (C=O) groups is 1. The third-order valence-corrected chi connectivity index (χ3v) is 7.87. The Labute approximate surface area is 247 Å². The van der Waals surface area contributed by atoms with Crippen molar-refractivity contribution in [2.24, 2.45) is 0 Å². The first-order valence-electron chi connectivity index (χ1n) is 16.2. The standard InChI is InChI=1S/C25H54N.C9H9ClO3/c1-5-8-11-14-17-20-23-26(4,24-21-18-15-12-9-6-2)25-22-19-16-13-10-7-3;1-6-4-7(10)2-3-8(6)13-5-9(11)12/h5-25H2,1-4H3;2-4H,5H2,1H3,(H,11,12)/q+1;/p-1.